The summed E-state index contributed by atoms with van der Waals surface area (Å²) in [7, 11) is 0. The van der Waals surface area contributed by atoms with Gasteiger partial charge in [0.1, 0.15) is 0 Å². The second kappa shape index (κ2) is 5.37. The summed E-state index contributed by atoms with van der Waals surface area (Å²) in [4.78, 5) is 12.3. The minimum atomic E-state index is 0.0342. The Balaban J connectivity index is 2.30. The van der Waals surface area contributed by atoms with Gasteiger partial charge in [-0.2, -0.15) is 0 Å². The van der Waals surface area contributed by atoms with Gasteiger partial charge in [0.2, 0.25) is 0 Å². The minimum Gasteiger partial charge on any atom is -0.397 e. The number of Topliss-reactive ketones (excluding diaryl/α,β-unsaturated/α-hetero) is 1. The molecule has 1 aromatic rings. The fourth-order valence-corrected chi connectivity index (χ4v) is 2.30. The highest BCUT2D eigenvalue weighted by Crippen LogP contribution is 2.27. The highest BCUT2D eigenvalue weighted by atomic mass is 35.5. The van der Waals surface area contributed by atoms with Crippen molar-refractivity contribution in [3.05, 3.63) is 40.4 Å². The van der Waals surface area contributed by atoms with E-state index in [-0.39, 0.29) is 5.78 Å². The van der Waals surface area contributed by atoms with E-state index >= 15 is 0 Å². The van der Waals surface area contributed by atoms with Gasteiger partial charge in [0.25, 0.3) is 0 Å². The first-order valence-electron chi connectivity index (χ1n) is 5.98. The molecule has 17 heavy (non-hydrogen) atoms. The van der Waals surface area contributed by atoms with Crippen LogP contribution in [0.4, 0.5) is 5.69 Å². The molecule has 2 nitrogen and oxygen atoms in total. The lowest BCUT2D eigenvalue weighted by atomic mass is 9.98. The molecule has 2 rings (SSSR count). The van der Waals surface area contributed by atoms with Gasteiger partial charge in [-0.25, -0.2) is 0 Å². The van der Waals surface area contributed by atoms with Crippen molar-refractivity contribution < 1.29 is 4.79 Å². The van der Waals surface area contributed by atoms with Crippen LogP contribution >= 0.6 is 11.6 Å². The predicted molar refractivity (Wildman–Crippen MR) is 71.4 cm³/mol. The number of para-hydroxylation sites is 1. The molecular weight excluding hydrogens is 234 g/mol. The number of allylic oxidation sites excluding steroid dienone is 2. The highest BCUT2D eigenvalue weighted by Gasteiger charge is 2.17. The monoisotopic (exact) mass is 249 g/mol. The number of ketones is 1. The van der Waals surface area contributed by atoms with E-state index in [2.05, 4.69) is 6.08 Å². The number of rotatable bonds is 2. The van der Waals surface area contributed by atoms with E-state index in [0.29, 0.717) is 16.3 Å². The Morgan fingerprint density at radius 2 is 2.06 bits per heavy atom. The topological polar surface area (TPSA) is 43.1 Å². The van der Waals surface area contributed by atoms with Gasteiger partial charge in [-0.1, -0.05) is 30.2 Å². The summed E-state index contributed by atoms with van der Waals surface area (Å²) in [6.45, 7) is 0. The number of nitrogen functional groups attached to an aromatic ring is 1. The molecule has 3 heteroatoms. The van der Waals surface area contributed by atoms with E-state index in [1.54, 1.807) is 18.2 Å². The largest absolute Gasteiger partial charge is 0.397 e. The van der Waals surface area contributed by atoms with E-state index in [0.717, 1.165) is 24.8 Å². The fourth-order valence-electron chi connectivity index (χ4n) is 2.13. The molecule has 0 aliphatic heterocycles. The van der Waals surface area contributed by atoms with Gasteiger partial charge in [-0.15, -0.1) is 0 Å². The summed E-state index contributed by atoms with van der Waals surface area (Å²) in [5, 5.41) is 0.449. The summed E-state index contributed by atoms with van der Waals surface area (Å²) in [6.07, 6.45) is 7.33. The summed E-state index contributed by atoms with van der Waals surface area (Å²) in [5.41, 5.74) is 7.66. The average Bonchev–Trinajstić information content (AvgIpc) is 2.60. The maximum atomic E-state index is 12.3. The van der Waals surface area contributed by atoms with Gasteiger partial charge in [0.15, 0.2) is 5.78 Å². The van der Waals surface area contributed by atoms with Crippen LogP contribution in [-0.4, -0.2) is 5.78 Å². The minimum absolute atomic E-state index is 0.0342. The lowest BCUT2D eigenvalue weighted by Crippen LogP contribution is -2.07. The second-order valence-electron chi connectivity index (χ2n) is 4.36. The Labute approximate surface area is 106 Å². The maximum absolute atomic E-state index is 12.3. The molecule has 0 atom stereocenters. The summed E-state index contributed by atoms with van der Waals surface area (Å²) < 4.78 is 0. The second-order valence-corrected chi connectivity index (χ2v) is 4.77. The van der Waals surface area contributed by atoms with Crippen molar-refractivity contribution in [3.8, 4) is 0 Å². The fraction of sp³-hybridized carbons (Fsp3) is 0.357. The van der Waals surface area contributed by atoms with E-state index in [4.69, 9.17) is 17.3 Å². The van der Waals surface area contributed by atoms with Gasteiger partial charge in [0, 0.05) is 5.56 Å². The Morgan fingerprint density at radius 1 is 1.24 bits per heavy atom. The van der Waals surface area contributed by atoms with Gasteiger partial charge in [-0.3, -0.25) is 4.79 Å². The molecule has 0 unspecified atom stereocenters. The number of halogens is 1. The van der Waals surface area contributed by atoms with Gasteiger partial charge >= 0.3 is 0 Å². The lowest BCUT2D eigenvalue weighted by molar-refractivity contribution is 0.103. The SMILES string of the molecule is Nc1c(Cl)cccc1C(=O)C1=CCCCCC1. The van der Waals surface area contributed by atoms with Crippen molar-refractivity contribution in [3.63, 3.8) is 0 Å². The van der Waals surface area contributed by atoms with E-state index in [1.165, 1.54) is 12.8 Å². The normalized spacial score (nSPS) is 16.2. The Hall–Kier alpha value is -1.28. The van der Waals surface area contributed by atoms with Crippen molar-refractivity contribution in [2.45, 2.75) is 32.1 Å². The first-order chi connectivity index (χ1) is 8.20. The highest BCUT2D eigenvalue weighted by molar-refractivity contribution is 6.34. The Kier molecular flexibility index (Phi) is 3.85. The molecule has 0 spiro atoms. The van der Waals surface area contributed by atoms with E-state index in [9.17, 15) is 4.79 Å². The van der Waals surface area contributed by atoms with Gasteiger partial charge < -0.3 is 5.73 Å². The zero-order chi connectivity index (χ0) is 12.3. The molecule has 0 fully saturated rings. The standard InChI is InChI=1S/C14H16ClNO/c15-12-9-5-8-11(13(12)16)14(17)10-6-3-1-2-4-7-10/h5-6,8-9H,1-4,7,16H2. The molecule has 1 aromatic carbocycles. The molecule has 90 valence electrons. The molecule has 1 aliphatic rings. The molecule has 0 saturated carbocycles. The molecule has 0 heterocycles. The number of nitrogens with two attached hydrogens (primary N) is 1. The quantitative estimate of drug-likeness (QED) is 0.636. The third kappa shape index (κ3) is 2.70. The van der Waals surface area contributed by atoms with Crippen molar-refractivity contribution in [1.29, 1.82) is 0 Å². The summed E-state index contributed by atoms with van der Waals surface area (Å²) in [6, 6.07) is 5.22. The number of carbonyl (C=O) groups excluding carboxylic acids is 1. The zero-order valence-corrected chi connectivity index (χ0v) is 10.5. The molecule has 0 aromatic heterocycles. The lowest BCUT2D eigenvalue weighted by Gasteiger charge is -2.08. The summed E-state index contributed by atoms with van der Waals surface area (Å²) >= 11 is 5.93. The molecule has 0 amide bonds. The molecule has 2 N–H and O–H groups in total. The first kappa shape index (κ1) is 12.2. The zero-order valence-electron chi connectivity index (χ0n) is 9.71. The number of anilines is 1. The van der Waals surface area contributed by atoms with Crippen LogP contribution in [0.5, 0.6) is 0 Å². The molecule has 0 saturated heterocycles. The predicted octanol–water partition coefficient (Wildman–Crippen LogP) is 4.00. The third-order valence-electron chi connectivity index (χ3n) is 3.13. The van der Waals surface area contributed by atoms with Gasteiger partial charge in [-0.05, 0) is 43.4 Å². The molecule has 0 bridgehead atoms. The maximum Gasteiger partial charge on any atom is 0.190 e. The van der Waals surface area contributed by atoms with Crippen LogP contribution in [0, 0.1) is 0 Å². The van der Waals surface area contributed by atoms with Crippen LogP contribution in [-0.2, 0) is 0 Å². The number of hydrogen-bond acceptors (Lipinski definition) is 2. The smallest absolute Gasteiger partial charge is 0.190 e. The van der Waals surface area contributed by atoms with E-state index < -0.39 is 0 Å². The molecule has 1 aliphatic carbocycles. The van der Waals surface area contributed by atoms with Crippen molar-refractivity contribution in [2.75, 3.05) is 5.73 Å². The van der Waals surface area contributed by atoms with Crippen LogP contribution in [0.1, 0.15) is 42.5 Å². The van der Waals surface area contributed by atoms with Crippen LogP contribution in [0.2, 0.25) is 5.02 Å². The Morgan fingerprint density at radius 3 is 2.88 bits per heavy atom. The van der Waals surface area contributed by atoms with Crippen LogP contribution in [0.15, 0.2) is 29.8 Å². The number of benzene rings is 1. The van der Waals surface area contributed by atoms with Crippen molar-refractivity contribution in [1.82, 2.24) is 0 Å². The van der Waals surface area contributed by atoms with Crippen LogP contribution in [0.25, 0.3) is 0 Å². The van der Waals surface area contributed by atoms with Crippen LogP contribution in [0.3, 0.4) is 0 Å². The first-order valence-corrected chi connectivity index (χ1v) is 6.35. The van der Waals surface area contributed by atoms with Crippen molar-refractivity contribution >= 4 is 23.1 Å². The van der Waals surface area contributed by atoms with E-state index in [1.807, 2.05) is 0 Å². The number of hydrogen-bond donors (Lipinski definition) is 1. The van der Waals surface area contributed by atoms with Gasteiger partial charge in [0.05, 0.1) is 10.7 Å². The van der Waals surface area contributed by atoms with Crippen LogP contribution < -0.4 is 5.73 Å². The average molecular weight is 250 g/mol. The Bertz CT molecular complexity index is 465. The molecular formula is C14H16ClNO. The third-order valence-corrected chi connectivity index (χ3v) is 3.46. The number of carbonyl (C=O) groups is 1. The van der Waals surface area contributed by atoms with Crippen molar-refractivity contribution in [2.24, 2.45) is 0 Å². The molecule has 0 radical (unpaired) electrons. The summed E-state index contributed by atoms with van der Waals surface area (Å²) in [5.74, 6) is 0.0342.